The first-order chi connectivity index (χ1) is 6.07. The maximum absolute atomic E-state index is 11.1. The molecule has 13 heavy (non-hydrogen) atoms. The zero-order chi connectivity index (χ0) is 10.3. The van der Waals surface area contributed by atoms with Crippen LogP contribution in [0.3, 0.4) is 0 Å². The Labute approximate surface area is 77.6 Å². The lowest BCUT2D eigenvalue weighted by atomic mass is 10.2. The van der Waals surface area contributed by atoms with Crippen LogP contribution in [-0.4, -0.2) is 23.5 Å². The molecule has 0 rings (SSSR count). The Morgan fingerprint density at radius 3 is 2.54 bits per heavy atom. The molecule has 0 saturated heterocycles. The minimum absolute atomic E-state index is 0.226. The number of carbonyl (C=O) groups is 2. The van der Waals surface area contributed by atoms with Crippen molar-refractivity contribution in [2.45, 2.75) is 26.7 Å². The van der Waals surface area contributed by atoms with Crippen molar-refractivity contribution in [3.8, 4) is 0 Å². The van der Waals surface area contributed by atoms with Crippen LogP contribution in [0.5, 0.6) is 0 Å². The lowest BCUT2D eigenvalue weighted by Gasteiger charge is -2.02. The molecule has 0 aliphatic heterocycles. The molecule has 2 N–H and O–H groups in total. The van der Waals surface area contributed by atoms with Crippen LogP contribution in [0.1, 0.15) is 26.7 Å². The van der Waals surface area contributed by atoms with E-state index in [1.165, 1.54) is 6.92 Å². The number of carbonyl (C=O) groups excluding carboxylic acids is 1. The molecule has 0 aliphatic rings. The van der Waals surface area contributed by atoms with Gasteiger partial charge in [-0.15, -0.1) is 0 Å². The van der Waals surface area contributed by atoms with E-state index in [9.17, 15) is 9.59 Å². The van der Waals surface area contributed by atoms with Gasteiger partial charge in [0.05, 0.1) is 0 Å². The van der Waals surface area contributed by atoms with Crippen molar-refractivity contribution in [3.63, 3.8) is 0 Å². The highest BCUT2D eigenvalue weighted by atomic mass is 16.4. The average molecular weight is 185 g/mol. The summed E-state index contributed by atoms with van der Waals surface area (Å²) in [5.74, 6) is -1.40. The highest BCUT2D eigenvalue weighted by Gasteiger charge is 2.03. The minimum Gasteiger partial charge on any atom is -0.478 e. The molecule has 0 atom stereocenters. The molecule has 4 nitrogen and oxygen atoms in total. The van der Waals surface area contributed by atoms with Gasteiger partial charge in [-0.3, -0.25) is 4.79 Å². The van der Waals surface area contributed by atoms with Crippen LogP contribution in [0.2, 0.25) is 0 Å². The third-order valence-corrected chi connectivity index (χ3v) is 1.51. The number of nitrogens with one attached hydrogen (secondary N) is 1. The van der Waals surface area contributed by atoms with E-state index in [4.69, 9.17) is 5.11 Å². The fourth-order valence-corrected chi connectivity index (χ4v) is 0.769. The normalized spacial score (nSPS) is 11.1. The van der Waals surface area contributed by atoms with Gasteiger partial charge in [0.1, 0.15) is 0 Å². The van der Waals surface area contributed by atoms with Crippen LogP contribution in [0.15, 0.2) is 11.6 Å². The smallest absolute Gasteiger partial charge is 0.328 e. The average Bonchev–Trinajstić information content (AvgIpc) is 2.03. The number of rotatable bonds is 5. The highest BCUT2D eigenvalue weighted by Crippen LogP contribution is 1.92. The molecule has 0 radical (unpaired) electrons. The summed E-state index contributed by atoms with van der Waals surface area (Å²) in [5, 5.41) is 11.0. The standard InChI is InChI=1S/C9H15NO3/c1-3-4-5-10-9(13)7(2)6-8(11)12/h6H,3-5H2,1-2H3,(H,10,13)(H,11,12)/b7-6-. The Morgan fingerprint density at radius 2 is 2.08 bits per heavy atom. The number of carboxylic acid groups (broad SMARTS) is 1. The molecule has 4 heteroatoms. The van der Waals surface area contributed by atoms with E-state index in [1.807, 2.05) is 6.92 Å². The summed E-state index contributed by atoms with van der Waals surface area (Å²) in [4.78, 5) is 21.3. The molecule has 0 aromatic heterocycles. The summed E-state index contributed by atoms with van der Waals surface area (Å²) >= 11 is 0. The van der Waals surface area contributed by atoms with E-state index in [0.29, 0.717) is 6.54 Å². The SMILES string of the molecule is CCCCNC(=O)/C(C)=C\C(=O)O. The summed E-state index contributed by atoms with van der Waals surface area (Å²) in [6.07, 6.45) is 2.81. The Morgan fingerprint density at radius 1 is 1.46 bits per heavy atom. The van der Waals surface area contributed by atoms with Crippen molar-refractivity contribution in [2.75, 3.05) is 6.54 Å². The topological polar surface area (TPSA) is 66.4 Å². The van der Waals surface area contributed by atoms with Crippen LogP contribution in [0.25, 0.3) is 0 Å². The molecule has 1 amide bonds. The largest absolute Gasteiger partial charge is 0.478 e. The molecule has 0 aromatic carbocycles. The summed E-state index contributed by atoms with van der Waals surface area (Å²) < 4.78 is 0. The van der Waals surface area contributed by atoms with Gasteiger partial charge in [-0.05, 0) is 13.3 Å². The third kappa shape index (κ3) is 5.90. The van der Waals surface area contributed by atoms with E-state index >= 15 is 0 Å². The molecular weight excluding hydrogens is 170 g/mol. The molecule has 0 bridgehead atoms. The number of unbranched alkanes of at least 4 members (excludes halogenated alkanes) is 1. The van der Waals surface area contributed by atoms with Gasteiger partial charge < -0.3 is 10.4 Å². The van der Waals surface area contributed by atoms with Gasteiger partial charge >= 0.3 is 5.97 Å². The second-order valence-corrected chi connectivity index (χ2v) is 2.78. The molecule has 0 spiro atoms. The van der Waals surface area contributed by atoms with E-state index < -0.39 is 5.97 Å². The predicted molar refractivity (Wildman–Crippen MR) is 49.3 cm³/mol. The summed E-state index contributed by atoms with van der Waals surface area (Å²) in [7, 11) is 0. The van der Waals surface area contributed by atoms with Gasteiger partial charge in [-0.25, -0.2) is 4.79 Å². The highest BCUT2D eigenvalue weighted by molar-refractivity contribution is 5.98. The van der Waals surface area contributed by atoms with Gasteiger partial charge in [0.2, 0.25) is 5.91 Å². The minimum atomic E-state index is -1.09. The third-order valence-electron chi connectivity index (χ3n) is 1.51. The molecule has 0 aromatic rings. The van der Waals surface area contributed by atoms with Gasteiger partial charge in [-0.1, -0.05) is 13.3 Å². The first-order valence-corrected chi connectivity index (χ1v) is 4.27. The number of carboxylic acids is 1. The zero-order valence-electron chi connectivity index (χ0n) is 7.96. The van der Waals surface area contributed by atoms with Crippen LogP contribution in [-0.2, 0) is 9.59 Å². The van der Waals surface area contributed by atoms with Crippen molar-refractivity contribution < 1.29 is 14.7 Å². The summed E-state index contributed by atoms with van der Waals surface area (Å²) in [5.41, 5.74) is 0.226. The van der Waals surface area contributed by atoms with Crippen molar-refractivity contribution in [1.82, 2.24) is 5.32 Å². The van der Waals surface area contributed by atoms with E-state index in [-0.39, 0.29) is 11.5 Å². The summed E-state index contributed by atoms with van der Waals surface area (Å²) in [6.45, 7) is 4.10. The van der Waals surface area contributed by atoms with Gasteiger partial charge in [0.25, 0.3) is 0 Å². The first-order valence-electron chi connectivity index (χ1n) is 4.27. The van der Waals surface area contributed by atoms with Crippen molar-refractivity contribution >= 4 is 11.9 Å². The van der Waals surface area contributed by atoms with Crippen LogP contribution in [0, 0.1) is 0 Å². The van der Waals surface area contributed by atoms with Crippen molar-refractivity contribution in [1.29, 1.82) is 0 Å². The quantitative estimate of drug-likeness (QED) is 0.494. The fourth-order valence-electron chi connectivity index (χ4n) is 0.769. The Hall–Kier alpha value is -1.32. The van der Waals surface area contributed by atoms with Gasteiger partial charge in [0.15, 0.2) is 0 Å². The van der Waals surface area contributed by atoms with Gasteiger partial charge in [0, 0.05) is 18.2 Å². The summed E-state index contributed by atoms with van der Waals surface area (Å²) in [6, 6.07) is 0. The van der Waals surface area contributed by atoms with Crippen molar-refractivity contribution in [2.24, 2.45) is 0 Å². The van der Waals surface area contributed by atoms with Crippen molar-refractivity contribution in [3.05, 3.63) is 11.6 Å². The van der Waals surface area contributed by atoms with Gasteiger partial charge in [-0.2, -0.15) is 0 Å². The molecule has 74 valence electrons. The molecule has 0 saturated carbocycles. The predicted octanol–water partition coefficient (Wildman–Crippen LogP) is 0.934. The van der Waals surface area contributed by atoms with Crippen LogP contribution >= 0.6 is 0 Å². The second kappa shape index (κ2) is 6.22. The second-order valence-electron chi connectivity index (χ2n) is 2.78. The lowest BCUT2D eigenvalue weighted by molar-refractivity contribution is -0.131. The Kier molecular flexibility index (Phi) is 5.59. The molecule has 0 aliphatic carbocycles. The molecule has 0 heterocycles. The maximum Gasteiger partial charge on any atom is 0.328 e. The lowest BCUT2D eigenvalue weighted by Crippen LogP contribution is -2.25. The Bertz CT molecular complexity index is 221. The first kappa shape index (κ1) is 11.7. The maximum atomic E-state index is 11.1. The van der Waals surface area contributed by atoms with E-state index in [0.717, 1.165) is 18.9 Å². The molecular formula is C9H15NO3. The number of aliphatic carboxylic acids is 1. The molecule has 0 unspecified atom stereocenters. The zero-order valence-corrected chi connectivity index (χ0v) is 7.96. The monoisotopic (exact) mass is 185 g/mol. The van der Waals surface area contributed by atoms with Crippen LogP contribution < -0.4 is 5.32 Å². The number of hydrogen-bond acceptors (Lipinski definition) is 2. The fraction of sp³-hybridized carbons (Fsp3) is 0.556. The van der Waals surface area contributed by atoms with E-state index in [1.54, 1.807) is 0 Å². The molecule has 0 fully saturated rings. The van der Waals surface area contributed by atoms with E-state index in [2.05, 4.69) is 5.32 Å². The number of hydrogen-bond donors (Lipinski definition) is 2. The number of amides is 1. The Balaban J connectivity index is 3.90. The van der Waals surface area contributed by atoms with Crippen LogP contribution in [0.4, 0.5) is 0 Å².